The second-order valence-corrected chi connectivity index (χ2v) is 7.82. The zero-order valence-electron chi connectivity index (χ0n) is 12.6. The fourth-order valence-corrected chi connectivity index (χ4v) is 4.12. The summed E-state index contributed by atoms with van der Waals surface area (Å²) in [6, 6.07) is -0.0247. The second kappa shape index (κ2) is 8.13. The molecule has 0 spiro atoms. The largest absolute Gasteiger partial charge is 0.378 e. The average Bonchev–Trinajstić information content (AvgIpc) is 2.90. The van der Waals surface area contributed by atoms with Crippen LogP contribution in [0, 0.1) is 0 Å². The van der Waals surface area contributed by atoms with Crippen molar-refractivity contribution in [1.29, 1.82) is 0 Å². The number of urea groups is 1. The molecule has 2 aliphatic rings. The highest BCUT2D eigenvalue weighted by Gasteiger charge is 2.29. The van der Waals surface area contributed by atoms with Crippen LogP contribution in [0.15, 0.2) is 0 Å². The summed E-state index contributed by atoms with van der Waals surface area (Å²) in [5.41, 5.74) is 0. The minimum Gasteiger partial charge on any atom is -0.378 e. The van der Waals surface area contributed by atoms with Crippen molar-refractivity contribution in [3.8, 4) is 0 Å². The van der Waals surface area contributed by atoms with Crippen LogP contribution in [0.25, 0.3) is 0 Å². The molecule has 20 heavy (non-hydrogen) atoms. The number of carbonyl (C=O) groups is 1. The first-order valence-electron chi connectivity index (χ1n) is 7.95. The van der Waals surface area contributed by atoms with Gasteiger partial charge in [0, 0.05) is 24.4 Å². The Morgan fingerprint density at radius 2 is 2.25 bits per heavy atom. The number of ether oxygens (including phenoxy) is 1. The predicted octanol–water partition coefficient (Wildman–Crippen LogP) is 2.92. The lowest BCUT2D eigenvalue weighted by molar-refractivity contribution is 0.0103. The summed E-state index contributed by atoms with van der Waals surface area (Å²) in [5, 5.41) is 5.95. The van der Waals surface area contributed by atoms with E-state index in [2.05, 4.69) is 17.6 Å². The zero-order valence-corrected chi connectivity index (χ0v) is 13.4. The van der Waals surface area contributed by atoms with E-state index in [0.29, 0.717) is 6.10 Å². The number of carbonyl (C=O) groups excluding carboxylic acids is 1. The molecule has 2 rings (SSSR count). The van der Waals surface area contributed by atoms with Gasteiger partial charge in [-0.1, -0.05) is 0 Å². The predicted molar refractivity (Wildman–Crippen MR) is 84.3 cm³/mol. The van der Waals surface area contributed by atoms with Crippen molar-refractivity contribution in [2.24, 2.45) is 0 Å². The number of hydrogen-bond donors (Lipinski definition) is 2. The van der Waals surface area contributed by atoms with Gasteiger partial charge >= 0.3 is 6.03 Å². The highest BCUT2D eigenvalue weighted by molar-refractivity contribution is 8.00. The molecule has 2 saturated heterocycles. The fraction of sp³-hybridized carbons (Fsp3) is 0.933. The maximum absolute atomic E-state index is 11.7. The van der Waals surface area contributed by atoms with Crippen LogP contribution >= 0.6 is 11.8 Å². The third-order valence-corrected chi connectivity index (χ3v) is 5.72. The molecule has 0 aromatic carbocycles. The van der Waals surface area contributed by atoms with E-state index < -0.39 is 0 Å². The van der Waals surface area contributed by atoms with Crippen LogP contribution in [0.4, 0.5) is 4.79 Å². The Hall–Kier alpha value is -0.420. The van der Waals surface area contributed by atoms with Gasteiger partial charge in [-0.15, -0.1) is 0 Å². The molecule has 2 amide bonds. The first-order chi connectivity index (χ1) is 9.68. The fourth-order valence-electron chi connectivity index (χ4n) is 2.87. The molecule has 0 aromatic rings. The van der Waals surface area contributed by atoms with Gasteiger partial charge in [0.15, 0.2) is 0 Å². The van der Waals surface area contributed by atoms with Crippen molar-refractivity contribution in [2.45, 2.75) is 62.7 Å². The van der Waals surface area contributed by atoms with Crippen molar-refractivity contribution < 1.29 is 9.53 Å². The molecule has 0 saturated carbocycles. The zero-order chi connectivity index (χ0) is 14.3. The summed E-state index contributed by atoms with van der Waals surface area (Å²) in [5.74, 6) is 1.22. The Morgan fingerprint density at radius 1 is 1.35 bits per heavy atom. The van der Waals surface area contributed by atoms with Crippen LogP contribution in [0.5, 0.6) is 0 Å². The molecule has 116 valence electrons. The Labute approximate surface area is 126 Å². The summed E-state index contributed by atoms with van der Waals surface area (Å²) >= 11 is 1.97. The number of thioether (sulfide) groups is 1. The minimum absolute atomic E-state index is 0.0247. The van der Waals surface area contributed by atoms with E-state index in [9.17, 15) is 4.79 Å². The molecule has 2 N–H and O–H groups in total. The Kier molecular flexibility index (Phi) is 6.49. The molecule has 0 unspecified atom stereocenters. The van der Waals surface area contributed by atoms with Crippen LogP contribution in [-0.2, 0) is 4.74 Å². The quantitative estimate of drug-likeness (QED) is 0.742. The first-order valence-corrected chi connectivity index (χ1v) is 8.94. The molecule has 0 radical (unpaired) electrons. The molecule has 0 bridgehead atoms. The lowest BCUT2D eigenvalue weighted by Crippen LogP contribution is -2.42. The van der Waals surface area contributed by atoms with Gasteiger partial charge in [0.25, 0.3) is 0 Å². The van der Waals surface area contributed by atoms with Crippen molar-refractivity contribution >= 4 is 17.8 Å². The van der Waals surface area contributed by atoms with Crippen LogP contribution in [0.3, 0.4) is 0 Å². The third kappa shape index (κ3) is 5.52. The van der Waals surface area contributed by atoms with Gasteiger partial charge in [-0.3, -0.25) is 0 Å². The standard InChI is InChI=1S/C15H28N2O2S/c1-15(8-5-11-20-15)12-17-14(18)16-9-4-7-13-6-2-3-10-19-13/h13H,2-12H2,1H3,(H2,16,17,18)/t13-,15-/m1/s1. The molecule has 2 atom stereocenters. The summed E-state index contributed by atoms with van der Waals surface area (Å²) in [6.07, 6.45) is 8.63. The van der Waals surface area contributed by atoms with E-state index in [1.165, 1.54) is 37.9 Å². The number of amides is 2. The van der Waals surface area contributed by atoms with Crippen LogP contribution in [0.1, 0.15) is 51.9 Å². The summed E-state index contributed by atoms with van der Waals surface area (Å²) in [7, 11) is 0. The van der Waals surface area contributed by atoms with Gasteiger partial charge in [0.2, 0.25) is 0 Å². The smallest absolute Gasteiger partial charge is 0.314 e. The molecular weight excluding hydrogens is 272 g/mol. The highest BCUT2D eigenvalue weighted by Crippen LogP contribution is 2.36. The Balaban J connectivity index is 1.49. The van der Waals surface area contributed by atoms with Crippen LogP contribution in [-0.4, -0.2) is 42.3 Å². The first kappa shape index (κ1) is 16.0. The van der Waals surface area contributed by atoms with Crippen LogP contribution < -0.4 is 10.6 Å². The van der Waals surface area contributed by atoms with Crippen LogP contribution in [0.2, 0.25) is 0 Å². The maximum Gasteiger partial charge on any atom is 0.314 e. The van der Waals surface area contributed by atoms with E-state index >= 15 is 0 Å². The molecular formula is C15H28N2O2S. The van der Waals surface area contributed by atoms with Gasteiger partial charge in [0.1, 0.15) is 0 Å². The van der Waals surface area contributed by atoms with E-state index in [1.54, 1.807) is 0 Å². The molecule has 0 aromatic heterocycles. The van der Waals surface area contributed by atoms with E-state index in [4.69, 9.17) is 4.74 Å². The van der Waals surface area contributed by atoms with Gasteiger partial charge in [-0.05, 0) is 57.6 Å². The number of hydrogen-bond acceptors (Lipinski definition) is 3. The topological polar surface area (TPSA) is 50.4 Å². The van der Waals surface area contributed by atoms with Gasteiger partial charge < -0.3 is 15.4 Å². The third-order valence-electron chi connectivity index (χ3n) is 4.19. The normalized spacial score (nSPS) is 30.1. The molecule has 5 heteroatoms. The SMILES string of the molecule is C[C@]1(CNC(=O)NCCC[C@H]2CCCCO2)CCCS1. The van der Waals surface area contributed by atoms with Crippen molar-refractivity contribution in [2.75, 3.05) is 25.4 Å². The Bertz CT molecular complexity index is 300. The van der Waals surface area contributed by atoms with Crippen molar-refractivity contribution in [1.82, 2.24) is 10.6 Å². The maximum atomic E-state index is 11.7. The minimum atomic E-state index is -0.0247. The molecule has 2 heterocycles. The van der Waals surface area contributed by atoms with Gasteiger partial charge in [0.05, 0.1) is 6.10 Å². The molecule has 2 fully saturated rings. The molecule has 4 nitrogen and oxygen atoms in total. The monoisotopic (exact) mass is 300 g/mol. The summed E-state index contributed by atoms with van der Waals surface area (Å²) < 4.78 is 5.93. The van der Waals surface area contributed by atoms with E-state index in [1.807, 2.05) is 11.8 Å². The van der Waals surface area contributed by atoms with Crippen molar-refractivity contribution in [3.63, 3.8) is 0 Å². The molecule has 2 aliphatic heterocycles. The summed E-state index contributed by atoms with van der Waals surface area (Å²) in [4.78, 5) is 11.7. The van der Waals surface area contributed by atoms with Crippen molar-refractivity contribution in [3.05, 3.63) is 0 Å². The lowest BCUT2D eigenvalue weighted by atomic mass is 10.0. The lowest BCUT2D eigenvalue weighted by Gasteiger charge is -2.23. The highest BCUT2D eigenvalue weighted by atomic mass is 32.2. The Morgan fingerprint density at radius 3 is 2.95 bits per heavy atom. The second-order valence-electron chi connectivity index (χ2n) is 6.14. The molecule has 0 aliphatic carbocycles. The van der Waals surface area contributed by atoms with Gasteiger partial charge in [-0.2, -0.15) is 11.8 Å². The number of rotatable bonds is 6. The summed E-state index contributed by atoms with van der Waals surface area (Å²) in [6.45, 7) is 4.67. The van der Waals surface area contributed by atoms with E-state index in [0.717, 1.165) is 32.5 Å². The van der Waals surface area contributed by atoms with Gasteiger partial charge in [-0.25, -0.2) is 4.79 Å². The number of nitrogens with one attached hydrogen (secondary N) is 2. The van der Waals surface area contributed by atoms with E-state index in [-0.39, 0.29) is 10.8 Å². The average molecular weight is 300 g/mol.